The zero-order valence-corrected chi connectivity index (χ0v) is 25.4. The number of allylic oxidation sites excluding steroid dienone is 3. The summed E-state index contributed by atoms with van der Waals surface area (Å²) in [6, 6.07) is 12.6. The Morgan fingerprint density at radius 3 is 2.33 bits per heavy atom. The van der Waals surface area contributed by atoms with Gasteiger partial charge in [0.05, 0.1) is 0 Å². The standard InChI is InChI=1S/C31H38ClF3N4O.C2H4/c1-3-4-6-29(32)23(2)20-37-15-17-38(18-16-37)21-24-7-12-30-27(19-24)28(22-39(30)14-5-13-36)25-8-10-26(11-9-25)40-31(33,34)35;1-2/h4,6-12,19,22H,3,5,13-18,20-21,36H2,1-2H3;1-2H2/b6-4-,29-23-;. The average Bonchev–Trinajstić information content (AvgIpc) is 3.34. The number of aryl methyl sites for hydroxylation is 1. The molecule has 1 aliphatic rings. The zero-order chi connectivity index (χ0) is 30.7. The van der Waals surface area contributed by atoms with E-state index in [4.69, 9.17) is 17.3 Å². The van der Waals surface area contributed by atoms with Gasteiger partial charge < -0.3 is 15.0 Å². The molecule has 0 unspecified atom stereocenters. The Kier molecular flexibility index (Phi) is 12.7. The lowest BCUT2D eigenvalue weighted by molar-refractivity contribution is -0.274. The predicted octanol–water partition coefficient (Wildman–Crippen LogP) is 7.95. The fourth-order valence-corrected chi connectivity index (χ4v) is 5.24. The number of hydrogen-bond donors (Lipinski definition) is 1. The van der Waals surface area contributed by atoms with Crippen molar-refractivity contribution >= 4 is 22.5 Å². The van der Waals surface area contributed by atoms with Crippen LogP contribution >= 0.6 is 11.6 Å². The molecule has 1 aliphatic heterocycles. The summed E-state index contributed by atoms with van der Waals surface area (Å²) >= 11 is 6.43. The van der Waals surface area contributed by atoms with Crippen molar-refractivity contribution in [2.45, 2.75) is 46.1 Å². The summed E-state index contributed by atoms with van der Waals surface area (Å²) in [4.78, 5) is 4.91. The van der Waals surface area contributed by atoms with Crippen molar-refractivity contribution in [3.05, 3.63) is 90.1 Å². The number of rotatable bonds is 11. The van der Waals surface area contributed by atoms with Crippen LogP contribution in [0.5, 0.6) is 5.75 Å². The first kappa shape index (κ1) is 33.5. The van der Waals surface area contributed by atoms with Crippen LogP contribution in [0.2, 0.25) is 0 Å². The van der Waals surface area contributed by atoms with Gasteiger partial charge in [-0.2, -0.15) is 0 Å². The Labute approximate surface area is 252 Å². The van der Waals surface area contributed by atoms with E-state index in [2.05, 4.69) is 76.6 Å². The molecule has 2 heterocycles. The lowest BCUT2D eigenvalue weighted by atomic mass is 10.0. The number of nitrogens with zero attached hydrogens (tertiary/aromatic N) is 3. The molecule has 1 aromatic heterocycles. The van der Waals surface area contributed by atoms with Crippen molar-refractivity contribution in [1.82, 2.24) is 14.4 Å². The summed E-state index contributed by atoms with van der Waals surface area (Å²) < 4.78 is 44.1. The minimum atomic E-state index is -4.71. The minimum absolute atomic E-state index is 0.228. The molecule has 0 spiro atoms. The van der Waals surface area contributed by atoms with Crippen LogP contribution in [0.4, 0.5) is 13.2 Å². The minimum Gasteiger partial charge on any atom is -0.406 e. The van der Waals surface area contributed by atoms with Crippen molar-refractivity contribution in [3.8, 4) is 16.9 Å². The number of nitrogens with two attached hydrogens (primary N) is 1. The molecule has 1 fully saturated rings. The van der Waals surface area contributed by atoms with Crippen LogP contribution in [0.25, 0.3) is 22.0 Å². The summed E-state index contributed by atoms with van der Waals surface area (Å²) in [5, 5.41) is 1.91. The maximum atomic E-state index is 12.6. The molecule has 0 bridgehead atoms. The third-order valence-electron chi connectivity index (χ3n) is 7.19. The molecular formula is C33H42ClF3N4O. The largest absolute Gasteiger partial charge is 0.573 e. The molecule has 1 saturated heterocycles. The van der Waals surface area contributed by atoms with E-state index < -0.39 is 6.36 Å². The first-order valence-corrected chi connectivity index (χ1v) is 14.7. The van der Waals surface area contributed by atoms with Gasteiger partial charge in [0.15, 0.2) is 0 Å². The number of piperazine rings is 1. The second-order valence-electron chi connectivity index (χ2n) is 10.3. The van der Waals surface area contributed by atoms with Crippen LogP contribution in [-0.2, 0) is 13.1 Å². The van der Waals surface area contributed by atoms with E-state index in [1.165, 1.54) is 23.3 Å². The highest BCUT2D eigenvalue weighted by molar-refractivity contribution is 6.31. The van der Waals surface area contributed by atoms with Crippen molar-refractivity contribution in [1.29, 1.82) is 0 Å². The van der Waals surface area contributed by atoms with Gasteiger partial charge in [-0.1, -0.05) is 42.8 Å². The molecule has 0 radical (unpaired) electrons. The highest BCUT2D eigenvalue weighted by Crippen LogP contribution is 2.34. The Balaban J connectivity index is 0.00000237. The SMILES string of the molecule is C=C.CC/C=C\C(Cl)=C(/C)CN1CCN(Cc2ccc3c(c2)c(-c2ccc(OC(F)(F)F)cc2)cn3CCCN)CC1. The molecule has 42 heavy (non-hydrogen) atoms. The molecule has 2 aromatic carbocycles. The van der Waals surface area contributed by atoms with Crippen molar-refractivity contribution in [3.63, 3.8) is 0 Å². The predicted molar refractivity (Wildman–Crippen MR) is 169 cm³/mol. The Morgan fingerprint density at radius 2 is 1.71 bits per heavy atom. The van der Waals surface area contributed by atoms with Crippen LogP contribution < -0.4 is 10.5 Å². The lowest BCUT2D eigenvalue weighted by Gasteiger charge is -2.35. The third-order valence-corrected chi connectivity index (χ3v) is 7.64. The molecule has 4 rings (SSSR count). The van der Waals surface area contributed by atoms with Crippen molar-refractivity contribution in [2.75, 3.05) is 39.3 Å². The first-order chi connectivity index (χ1) is 20.2. The topological polar surface area (TPSA) is 46.7 Å². The van der Waals surface area contributed by atoms with Crippen LogP contribution in [0.15, 0.2) is 84.6 Å². The number of alkyl halides is 3. The highest BCUT2D eigenvalue weighted by atomic mass is 35.5. The lowest BCUT2D eigenvalue weighted by Crippen LogP contribution is -2.46. The normalized spacial score (nSPS) is 15.5. The second-order valence-corrected chi connectivity index (χ2v) is 10.7. The van der Waals surface area contributed by atoms with E-state index in [0.717, 1.165) is 85.7 Å². The number of hydrogen-bond acceptors (Lipinski definition) is 4. The summed E-state index contributed by atoms with van der Waals surface area (Å²) in [7, 11) is 0. The van der Waals surface area contributed by atoms with Crippen LogP contribution in [0.3, 0.4) is 0 Å². The second kappa shape index (κ2) is 16.0. The fraction of sp³-hybridized carbons (Fsp3) is 0.394. The summed E-state index contributed by atoms with van der Waals surface area (Å²) in [6.07, 6.45) is 3.23. The Hall–Kier alpha value is -3.04. The molecule has 3 aromatic rings. The summed E-state index contributed by atoms with van der Waals surface area (Å²) in [5.74, 6) is -0.228. The van der Waals surface area contributed by atoms with E-state index in [1.807, 2.05) is 6.08 Å². The Bertz CT molecular complexity index is 1340. The number of fused-ring (bicyclic) bond motifs is 1. The molecule has 9 heteroatoms. The maximum absolute atomic E-state index is 12.6. The first-order valence-electron chi connectivity index (χ1n) is 14.3. The van der Waals surface area contributed by atoms with Crippen molar-refractivity contribution in [2.24, 2.45) is 5.73 Å². The average molecular weight is 603 g/mol. The molecular weight excluding hydrogens is 561 g/mol. The Morgan fingerprint density at radius 1 is 1.05 bits per heavy atom. The van der Waals surface area contributed by atoms with Gasteiger partial charge in [-0.15, -0.1) is 26.3 Å². The van der Waals surface area contributed by atoms with E-state index in [0.29, 0.717) is 6.54 Å². The summed E-state index contributed by atoms with van der Waals surface area (Å²) in [6.45, 7) is 17.2. The number of benzene rings is 2. The quantitative estimate of drug-likeness (QED) is 0.179. The number of ether oxygens (including phenoxy) is 1. The molecule has 2 N–H and O–H groups in total. The third kappa shape index (κ3) is 9.49. The van der Waals surface area contributed by atoms with E-state index in [9.17, 15) is 13.2 Å². The van der Waals surface area contributed by atoms with Gasteiger partial charge in [0, 0.05) is 73.5 Å². The zero-order valence-electron chi connectivity index (χ0n) is 24.6. The molecule has 0 amide bonds. The monoisotopic (exact) mass is 602 g/mol. The summed E-state index contributed by atoms with van der Waals surface area (Å²) in [5.41, 5.74) is 11.1. The van der Waals surface area contributed by atoms with E-state index >= 15 is 0 Å². The molecule has 0 saturated carbocycles. The molecule has 5 nitrogen and oxygen atoms in total. The van der Waals surface area contributed by atoms with Gasteiger partial charge in [-0.25, -0.2) is 0 Å². The fourth-order valence-electron chi connectivity index (χ4n) is 5.09. The van der Waals surface area contributed by atoms with Gasteiger partial charge >= 0.3 is 6.36 Å². The van der Waals surface area contributed by atoms with Crippen molar-refractivity contribution < 1.29 is 17.9 Å². The maximum Gasteiger partial charge on any atom is 0.573 e. The van der Waals surface area contributed by atoms with Gasteiger partial charge in [0.2, 0.25) is 0 Å². The van der Waals surface area contributed by atoms with Crippen LogP contribution in [-0.4, -0.2) is 60.0 Å². The van der Waals surface area contributed by atoms with Gasteiger partial charge in [0.1, 0.15) is 5.75 Å². The molecule has 0 atom stereocenters. The van der Waals surface area contributed by atoms with Crippen LogP contribution in [0.1, 0.15) is 32.3 Å². The van der Waals surface area contributed by atoms with Gasteiger partial charge in [0.25, 0.3) is 0 Å². The number of halogens is 4. The number of aromatic nitrogens is 1. The molecule has 0 aliphatic carbocycles. The van der Waals surface area contributed by atoms with Gasteiger partial charge in [-0.3, -0.25) is 9.80 Å². The molecule has 228 valence electrons. The van der Waals surface area contributed by atoms with E-state index in [1.54, 1.807) is 12.1 Å². The van der Waals surface area contributed by atoms with Crippen LogP contribution in [0, 0.1) is 0 Å². The highest BCUT2D eigenvalue weighted by Gasteiger charge is 2.31. The van der Waals surface area contributed by atoms with Gasteiger partial charge in [-0.05, 0) is 73.4 Å². The van der Waals surface area contributed by atoms with E-state index in [-0.39, 0.29) is 5.75 Å². The smallest absolute Gasteiger partial charge is 0.406 e.